The molecular weight excluding hydrogens is 346 g/mol. The molecule has 0 amide bonds. The number of sulfonamides is 1. The van der Waals surface area contributed by atoms with Crippen LogP contribution in [0.4, 0.5) is 0 Å². The Hall–Kier alpha value is -1.85. The molecule has 0 N–H and O–H groups in total. The van der Waals surface area contributed by atoms with Gasteiger partial charge in [-0.05, 0) is 62.8 Å². The van der Waals surface area contributed by atoms with Crippen molar-refractivity contribution in [1.29, 1.82) is 0 Å². The SMILES string of the molecule is Cc1ccc(S(=O)(=O)N2CCC[C@]34CCCC=C3c3occc3[C@H]24)cc1. The van der Waals surface area contributed by atoms with Gasteiger partial charge in [0.25, 0.3) is 0 Å². The molecule has 0 saturated carbocycles. The molecule has 2 aliphatic carbocycles. The fourth-order valence-electron chi connectivity index (χ4n) is 5.27. The number of fused-ring (bicyclic) bond motifs is 3. The van der Waals surface area contributed by atoms with E-state index >= 15 is 0 Å². The fourth-order valence-corrected chi connectivity index (χ4v) is 6.98. The lowest BCUT2D eigenvalue weighted by atomic mass is 9.66. The summed E-state index contributed by atoms with van der Waals surface area (Å²) in [7, 11) is -3.54. The normalized spacial score (nSPS) is 28.2. The van der Waals surface area contributed by atoms with Crippen LogP contribution >= 0.6 is 0 Å². The molecule has 1 spiro atoms. The largest absolute Gasteiger partial charge is 0.464 e. The molecule has 2 atom stereocenters. The highest BCUT2D eigenvalue weighted by atomic mass is 32.2. The van der Waals surface area contributed by atoms with Crippen LogP contribution < -0.4 is 0 Å². The summed E-state index contributed by atoms with van der Waals surface area (Å²) < 4.78 is 34.6. The van der Waals surface area contributed by atoms with Crippen LogP contribution in [0.15, 0.2) is 52.0 Å². The van der Waals surface area contributed by atoms with Crippen molar-refractivity contribution in [3.8, 4) is 0 Å². The number of benzene rings is 1. The predicted molar refractivity (Wildman–Crippen MR) is 100 cm³/mol. The zero-order valence-electron chi connectivity index (χ0n) is 14.9. The molecule has 26 heavy (non-hydrogen) atoms. The van der Waals surface area contributed by atoms with Crippen LogP contribution in [0, 0.1) is 12.3 Å². The van der Waals surface area contributed by atoms with Crippen molar-refractivity contribution in [2.75, 3.05) is 6.54 Å². The Morgan fingerprint density at radius 1 is 1.12 bits per heavy atom. The fraction of sp³-hybridized carbons (Fsp3) is 0.429. The van der Waals surface area contributed by atoms with Crippen LogP contribution in [0.1, 0.15) is 55.0 Å². The third kappa shape index (κ3) is 2.07. The highest BCUT2D eigenvalue weighted by Gasteiger charge is 2.58. The molecule has 5 rings (SSSR count). The molecule has 2 heterocycles. The molecule has 3 aliphatic rings. The Morgan fingerprint density at radius 3 is 2.69 bits per heavy atom. The van der Waals surface area contributed by atoms with Crippen molar-refractivity contribution in [3.05, 3.63) is 59.6 Å². The number of rotatable bonds is 2. The first kappa shape index (κ1) is 16.3. The van der Waals surface area contributed by atoms with Gasteiger partial charge in [0.05, 0.1) is 17.2 Å². The van der Waals surface area contributed by atoms with Gasteiger partial charge >= 0.3 is 0 Å². The summed E-state index contributed by atoms with van der Waals surface area (Å²) in [6.45, 7) is 2.54. The van der Waals surface area contributed by atoms with Gasteiger partial charge in [-0.3, -0.25) is 0 Å². The lowest BCUT2D eigenvalue weighted by Crippen LogP contribution is -2.47. The van der Waals surface area contributed by atoms with E-state index in [-0.39, 0.29) is 11.5 Å². The third-order valence-electron chi connectivity index (χ3n) is 6.39. The van der Waals surface area contributed by atoms with Gasteiger partial charge in [-0.15, -0.1) is 0 Å². The van der Waals surface area contributed by atoms with Crippen molar-refractivity contribution >= 4 is 15.6 Å². The van der Waals surface area contributed by atoms with E-state index in [1.807, 2.05) is 25.1 Å². The average molecular weight is 369 g/mol. The number of nitrogens with zero attached hydrogens (tertiary/aromatic N) is 1. The number of hydrogen-bond acceptors (Lipinski definition) is 3. The van der Waals surface area contributed by atoms with Crippen molar-refractivity contribution in [2.24, 2.45) is 5.41 Å². The summed E-state index contributed by atoms with van der Waals surface area (Å²) in [6.07, 6.45) is 9.12. The van der Waals surface area contributed by atoms with E-state index in [0.29, 0.717) is 11.4 Å². The van der Waals surface area contributed by atoms with Crippen LogP contribution in [0.5, 0.6) is 0 Å². The van der Waals surface area contributed by atoms with E-state index < -0.39 is 10.0 Å². The minimum Gasteiger partial charge on any atom is -0.464 e. The van der Waals surface area contributed by atoms with Crippen LogP contribution in [0.3, 0.4) is 0 Å². The molecule has 136 valence electrons. The lowest BCUT2D eigenvalue weighted by Gasteiger charge is -2.47. The number of hydrogen-bond donors (Lipinski definition) is 0. The molecule has 4 nitrogen and oxygen atoms in total. The van der Waals surface area contributed by atoms with Crippen LogP contribution in [-0.2, 0) is 10.0 Å². The first-order valence-corrected chi connectivity index (χ1v) is 10.8. The van der Waals surface area contributed by atoms with Crippen molar-refractivity contribution < 1.29 is 12.8 Å². The summed E-state index contributed by atoms with van der Waals surface area (Å²) in [5, 5.41) is 0. The minimum atomic E-state index is -3.54. The molecule has 0 unspecified atom stereocenters. The third-order valence-corrected chi connectivity index (χ3v) is 8.27. The summed E-state index contributed by atoms with van der Waals surface area (Å²) in [5.41, 5.74) is 3.25. The molecule has 1 saturated heterocycles. The molecule has 1 aliphatic heterocycles. The summed E-state index contributed by atoms with van der Waals surface area (Å²) in [5.74, 6) is 0.917. The monoisotopic (exact) mass is 369 g/mol. The van der Waals surface area contributed by atoms with Gasteiger partial charge in [0.2, 0.25) is 10.0 Å². The van der Waals surface area contributed by atoms with Crippen molar-refractivity contribution in [2.45, 2.75) is 50.0 Å². The quantitative estimate of drug-likeness (QED) is 0.772. The molecule has 0 bridgehead atoms. The van der Waals surface area contributed by atoms with E-state index in [0.717, 1.165) is 49.0 Å². The Bertz CT molecular complexity index is 987. The number of aryl methyl sites for hydroxylation is 1. The standard InChI is InChI=1S/C21H23NO3S/c1-15-6-8-16(9-7-15)26(23,24)22-13-4-12-21-11-3-2-5-18(21)19-17(20(21)22)10-14-25-19/h5-10,14,20H,2-4,11-13H2,1H3/t20-,21+/m0/s1. The second-order valence-corrected chi connectivity index (χ2v) is 9.70. The minimum absolute atomic E-state index is 0.107. The van der Waals surface area contributed by atoms with Gasteiger partial charge in [-0.2, -0.15) is 4.31 Å². The van der Waals surface area contributed by atoms with Crippen molar-refractivity contribution in [1.82, 2.24) is 4.31 Å². The van der Waals surface area contributed by atoms with E-state index in [1.165, 1.54) is 5.57 Å². The maximum absolute atomic E-state index is 13.5. The second kappa shape index (κ2) is 5.57. The van der Waals surface area contributed by atoms with E-state index in [2.05, 4.69) is 6.08 Å². The maximum Gasteiger partial charge on any atom is 0.243 e. The number of furan rings is 1. The molecule has 0 radical (unpaired) electrons. The Morgan fingerprint density at radius 2 is 1.88 bits per heavy atom. The first-order chi connectivity index (χ1) is 12.5. The summed E-state index contributed by atoms with van der Waals surface area (Å²) >= 11 is 0. The van der Waals surface area contributed by atoms with E-state index in [9.17, 15) is 8.42 Å². The van der Waals surface area contributed by atoms with E-state index in [1.54, 1.807) is 22.7 Å². The maximum atomic E-state index is 13.5. The van der Waals surface area contributed by atoms with Gasteiger partial charge in [-0.1, -0.05) is 23.8 Å². The van der Waals surface area contributed by atoms with Gasteiger partial charge in [0.1, 0.15) is 5.76 Å². The zero-order valence-corrected chi connectivity index (χ0v) is 15.8. The number of allylic oxidation sites excluding steroid dienone is 1. The Kier molecular flexibility index (Phi) is 3.50. The van der Waals surface area contributed by atoms with E-state index in [4.69, 9.17) is 4.42 Å². The highest BCUT2D eigenvalue weighted by Crippen LogP contribution is 2.65. The summed E-state index contributed by atoms with van der Waals surface area (Å²) in [6, 6.07) is 9.04. The Balaban J connectivity index is 1.66. The predicted octanol–water partition coefficient (Wildman–Crippen LogP) is 4.68. The van der Waals surface area contributed by atoms with Crippen LogP contribution in [-0.4, -0.2) is 19.3 Å². The van der Waals surface area contributed by atoms with Gasteiger partial charge < -0.3 is 4.42 Å². The smallest absolute Gasteiger partial charge is 0.243 e. The second-order valence-electron chi connectivity index (χ2n) is 7.81. The topological polar surface area (TPSA) is 50.5 Å². The number of piperidine rings is 1. The van der Waals surface area contributed by atoms with Crippen LogP contribution in [0.2, 0.25) is 0 Å². The Labute approximate surface area is 154 Å². The molecule has 1 aromatic heterocycles. The first-order valence-electron chi connectivity index (χ1n) is 9.41. The molecule has 1 aromatic carbocycles. The van der Waals surface area contributed by atoms with Gasteiger partial charge in [0.15, 0.2) is 0 Å². The molecule has 2 aromatic rings. The van der Waals surface area contributed by atoms with Gasteiger partial charge in [0, 0.05) is 17.5 Å². The summed E-state index contributed by atoms with van der Waals surface area (Å²) in [4.78, 5) is 0.387. The average Bonchev–Trinajstić information content (AvgIpc) is 3.20. The molecule has 1 fully saturated rings. The molecule has 5 heteroatoms. The highest BCUT2D eigenvalue weighted by molar-refractivity contribution is 7.89. The molecular formula is C21H23NO3S. The van der Waals surface area contributed by atoms with Gasteiger partial charge in [-0.25, -0.2) is 8.42 Å². The lowest BCUT2D eigenvalue weighted by molar-refractivity contribution is 0.115. The zero-order chi connectivity index (χ0) is 17.9. The van der Waals surface area contributed by atoms with Crippen LogP contribution in [0.25, 0.3) is 5.57 Å². The van der Waals surface area contributed by atoms with Crippen molar-refractivity contribution in [3.63, 3.8) is 0 Å².